The van der Waals surface area contributed by atoms with E-state index in [1.807, 2.05) is 0 Å². The van der Waals surface area contributed by atoms with Gasteiger partial charge >= 0.3 is 0 Å². The summed E-state index contributed by atoms with van der Waals surface area (Å²) in [7, 11) is 1.68. The minimum atomic E-state index is -2.96. The maximum Gasteiger partial charge on any atom is 0.286 e. The highest BCUT2D eigenvalue weighted by Gasteiger charge is 2.32. The highest BCUT2D eigenvalue weighted by molar-refractivity contribution is 5.69. The highest BCUT2D eigenvalue weighted by Crippen LogP contribution is 2.31. The van der Waals surface area contributed by atoms with Gasteiger partial charge in [-0.15, -0.1) is 0 Å². The average molecular weight is 470 g/mol. The Bertz CT molecular complexity index is 1270. The van der Waals surface area contributed by atoms with Gasteiger partial charge in [-0.2, -0.15) is 14.0 Å². The Morgan fingerprint density at radius 2 is 2.09 bits per heavy atom. The van der Waals surface area contributed by atoms with Crippen LogP contribution in [-0.2, 0) is 19.4 Å². The van der Waals surface area contributed by atoms with E-state index in [1.54, 1.807) is 29.9 Å². The van der Waals surface area contributed by atoms with Crippen LogP contribution in [0.3, 0.4) is 0 Å². The number of hydrogen-bond donors (Lipinski definition) is 0. The molecule has 180 valence electrons. The normalized spacial score (nSPS) is 18.3. The first-order chi connectivity index (χ1) is 16.1. The predicted octanol–water partition coefficient (Wildman–Crippen LogP) is 3.27. The van der Waals surface area contributed by atoms with Crippen LogP contribution < -0.4 is 10.5 Å². The molecule has 2 unspecified atom stereocenters. The van der Waals surface area contributed by atoms with Crippen molar-refractivity contribution >= 4 is 11.3 Å². The summed E-state index contributed by atoms with van der Waals surface area (Å²) in [5.74, 6) is -2.96. The third kappa shape index (κ3) is 4.40. The van der Waals surface area contributed by atoms with E-state index >= 15 is 0 Å². The minimum Gasteiger partial charge on any atom is -0.363 e. The number of alkyl halides is 2. The summed E-state index contributed by atoms with van der Waals surface area (Å²) in [6.45, 7) is 7.18. The summed E-state index contributed by atoms with van der Waals surface area (Å²) in [6, 6.07) is 7.00. The van der Waals surface area contributed by atoms with Crippen LogP contribution in [0.25, 0.3) is 5.65 Å². The van der Waals surface area contributed by atoms with Crippen molar-refractivity contribution < 1.29 is 8.78 Å². The Labute approximate surface area is 197 Å². The molecule has 0 bridgehead atoms. The predicted molar refractivity (Wildman–Crippen MR) is 125 cm³/mol. The summed E-state index contributed by atoms with van der Waals surface area (Å²) < 4.78 is 30.3. The van der Waals surface area contributed by atoms with Crippen LogP contribution in [0.5, 0.6) is 0 Å². The molecule has 4 rings (SSSR count). The van der Waals surface area contributed by atoms with Gasteiger partial charge in [0.25, 0.3) is 11.5 Å². The SMILES string of the molecule is CCC1CN(C(C)c2ccc(C(C)(F)F)nc2)CCN1c1cc(=O)n(C)n2cc(CC#N)nc12. The Morgan fingerprint density at radius 3 is 2.71 bits per heavy atom. The zero-order valence-corrected chi connectivity index (χ0v) is 19.9. The highest BCUT2D eigenvalue weighted by atomic mass is 19.3. The van der Waals surface area contributed by atoms with E-state index in [0.29, 0.717) is 17.9 Å². The van der Waals surface area contributed by atoms with Gasteiger partial charge in [0, 0.05) is 58.0 Å². The van der Waals surface area contributed by atoms with Crippen molar-refractivity contribution in [3.63, 3.8) is 0 Å². The van der Waals surface area contributed by atoms with Crippen molar-refractivity contribution in [2.75, 3.05) is 24.5 Å². The monoisotopic (exact) mass is 469 g/mol. The Kier molecular flexibility index (Phi) is 6.41. The summed E-state index contributed by atoms with van der Waals surface area (Å²) >= 11 is 0. The van der Waals surface area contributed by atoms with E-state index in [1.165, 1.54) is 16.9 Å². The molecule has 8 nitrogen and oxygen atoms in total. The second-order valence-electron chi connectivity index (χ2n) is 8.92. The summed E-state index contributed by atoms with van der Waals surface area (Å²) in [5, 5.41) is 9.07. The lowest BCUT2D eigenvalue weighted by Gasteiger charge is -2.44. The van der Waals surface area contributed by atoms with Crippen LogP contribution >= 0.6 is 0 Å². The smallest absolute Gasteiger partial charge is 0.286 e. The molecule has 3 aromatic heterocycles. The van der Waals surface area contributed by atoms with Gasteiger partial charge in [0.05, 0.1) is 30.1 Å². The third-order valence-corrected chi connectivity index (χ3v) is 6.69. The number of hydrogen-bond acceptors (Lipinski definition) is 6. The van der Waals surface area contributed by atoms with Crippen LogP contribution in [0.1, 0.15) is 50.2 Å². The molecular weight excluding hydrogens is 440 g/mol. The number of anilines is 1. The molecule has 34 heavy (non-hydrogen) atoms. The van der Waals surface area contributed by atoms with E-state index < -0.39 is 5.92 Å². The number of fused-ring (bicyclic) bond motifs is 1. The maximum atomic E-state index is 13.5. The zero-order chi connectivity index (χ0) is 24.6. The van der Waals surface area contributed by atoms with Crippen LogP contribution in [-0.4, -0.2) is 49.7 Å². The third-order valence-electron chi connectivity index (χ3n) is 6.69. The molecule has 0 saturated carbocycles. The fourth-order valence-electron chi connectivity index (χ4n) is 4.60. The number of imidazole rings is 1. The molecule has 1 saturated heterocycles. The Hall–Kier alpha value is -3.32. The molecule has 4 heterocycles. The molecule has 1 fully saturated rings. The molecule has 0 amide bonds. The molecule has 0 aromatic carbocycles. The second kappa shape index (κ2) is 9.14. The molecule has 0 N–H and O–H groups in total. The van der Waals surface area contributed by atoms with E-state index in [9.17, 15) is 13.6 Å². The maximum absolute atomic E-state index is 13.5. The zero-order valence-electron chi connectivity index (χ0n) is 19.9. The van der Waals surface area contributed by atoms with Crippen LogP contribution in [0.2, 0.25) is 0 Å². The lowest BCUT2D eigenvalue weighted by atomic mass is 10.0. The fraction of sp³-hybridized carbons (Fsp3) is 0.500. The average Bonchev–Trinajstić information content (AvgIpc) is 3.24. The number of pyridine rings is 1. The lowest BCUT2D eigenvalue weighted by Crippen LogP contribution is -2.54. The van der Waals surface area contributed by atoms with Gasteiger partial charge in [-0.1, -0.05) is 13.0 Å². The van der Waals surface area contributed by atoms with Crippen LogP contribution in [0, 0.1) is 11.3 Å². The standard InChI is InChI=1S/C24H29F2N7O/c1-5-19-15-31(16(2)17-6-7-21(28-13-17)24(3,25)26)10-11-32(19)20-12-22(34)30(4)33-14-18(8-9-27)29-23(20)33/h6-7,12-14,16,19H,5,8,10-11,15H2,1-4H3. The number of aromatic nitrogens is 4. The Morgan fingerprint density at radius 1 is 1.32 bits per heavy atom. The topological polar surface area (TPSA) is 82.5 Å². The van der Waals surface area contributed by atoms with Gasteiger partial charge in [-0.25, -0.2) is 14.2 Å². The summed E-state index contributed by atoms with van der Waals surface area (Å²) in [6.07, 6.45) is 4.31. The van der Waals surface area contributed by atoms with Crippen molar-refractivity contribution in [2.45, 2.75) is 51.6 Å². The first-order valence-corrected chi connectivity index (χ1v) is 11.4. The van der Waals surface area contributed by atoms with Crippen molar-refractivity contribution in [1.29, 1.82) is 5.26 Å². The van der Waals surface area contributed by atoms with Gasteiger partial charge in [-0.3, -0.25) is 14.7 Å². The Balaban J connectivity index is 1.60. The molecular formula is C24H29F2N7O. The number of aryl methyl sites for hydroxylation is 1. The summed E-state index contributed by atoms with van der Waals surface area (Å²) in [5.41, 5.74) is 2.56. The molecule has 3 aromatic rings. The fourth-order valence-corrected chi connectivity index (χ4v) is 4.60. The van der Waals surface area contributed by atoms with E-state index in [4.69, 9.17) is 5.26 Å². The minimum absolute atomic E-state index is 0.0144. The molecule has 1 aliphatic rings. The molecule has 0 spiro atoms. The van der Waals surface area contributed by atoms with Crippen molar-refractivity contribution in [2.24, 2.45) is 7.05 Å². The second-order valence-corrected chi connectivity index (χ2v) is 8.92. The number of nitrogens with zero attached hydrogens (tertiary/aromatic N) is 7. The number of rotatable bonds is 6. The molecule has 0 radical (unpaired) electrons. The molecule has 0 aliphatic carbocycles. The van der Waals surface area contributed by atoms with Gasteiger partial charge in [0.2, 0.25) is 0 Å². The van der Waals surface area contributed by atoms with Gasteiger partial charge in [-0.05, 0) is 25.0 Å². The molecule has 1 aliphatic heterocycles. The first-order valence-electron chi connectivity index (χ1n) is 11.4. The number of nitriles is 1. The lowest BCUT2D eigenvalue weighted by molar-refractivity contribution is 0.0127. The van der Waals surface area contributed by atoms with Crippen LogP contribution in [0.4, 0.5) is 14.5 Å². The number of halogens is 2. The molecule has 2 atom stereocenters. The largest absolute Gasteiger partial charge is 0.363 e. The quantitative estimate of drug-likeness (QED) is 0.551. The van der Waals surface area contributed by atoms with E-state index in [0.717, 1.165) is 37.7 Å². The van der Waals surface area contributed by atoms with Crippen molar-refractivity contribution in [3.8, 4) is 6.07 Å². The van der Waals surface area contributed by atoms with E-state index in [-0.39, 0.29) is 29.8 Å². The first kappa shape index (κ1) is 23.8. The van der Waals surface area contributed by atoms with Crippen molar-refractivity contribution in [3.05, 3.63) is 57.9 Å². The number of piperazine rings is 1. The molecule has 10 heteroatoms. The van der Waals surface area contributed by atoms with Crippen molar-refractivity contribution in [1.82, 2.24) is 24.1 Å². The van der Waals surface area contributed by atoms with Gasteiger partial charge in [0.1, 0.15) is 5.69 Å². The van der Waals surface area contributed by atoms with Gasteiger partial charge in [0.15, 0.2) is 5.65 Å². The summed E-state index contributed by atoms with van der Waals surface area (Å²) in [4.78, 5) is 25.8. The van der Waals surface area contributed by atoms with E-state index in [2.05, 4.69) is 39.7 Å². The van der Waals surface area contributed by atoms with Crippen LogP contribution in [0.15, 0.2) is 35.4 Å². The van der Waals surface area contributed by atoms with Gasteiger partial charge < -0.3 is 4.90 Å².